The molecule has 0 unspecified atom stereocenters. The molecule has 0 saturated heterocycles. The molecule has 0 atom stereocenters. The zero-order chi connectivity index (χ0) is 24.0. The van der Waals surface area contributed by atoms with Gasteiger partial charge in [-0.2, -0.15) is 0 Å². The van der Waals surface area contributed by atoms with Crippen molar-refractivity contribution in [3.8, 4) is 23.5 Å². The van der Waals surface area contributed by atoms with E-state index < -0.39 is 0 Å². The fourth-order valence-corrected chi connectivity index (χ4v) is 3.96. The van der Waals surface area contributed by atoms with E-state index in [9.17, 15) is 0 Å². The maximum absolute atomic E-state index is 6.16. The molecule has 7 nitrogen and oxygen atoms in total. The lowest BCUT2D eigenvalue weighted by Gasteiger charge is -2.11. The average molecular weight is 464 g/mol. The van der Waals surface area contributed by atoms with Gasteiger partial charge in [0.15, 0.2) is 11.3 Å². The molecule has 2 aromatic carbocycles. The molecular formula is C28H25N5O2. The maximum atomic E-state index is 6.16. The summed E-state index contributed by atoms with van der Waals surface area (Å²) >= 11 is 0. The van der Waals surface area contributed by atoms with Gasteiger partial charge in [0.25, 0.3) is 0 Å². The number of aromatic nitrogens is 5. The number of aryl methyl sites for hydroxylation is 1. The summed E-state index contributed by atoms with van der Waals surface area (Å²) in [7, 11) is 1.63. The lowest BCUT2D eigenvalue weighted by molar-refractivity contribution is 0.286. The predicted molar refractivity (Wildman–Crippen MR) is 136 cm³/mol. The molecule has 0 saturated carbocycles. The van der Waals surface area contributed by atoms with Crippen LogP contribution >= 0.6 is 0 Å². The number of methoxy groups -OCH3 is 1. The summed E-state index contributed by atoms with van der Waals surface area (Å²) in [5.74, 6) is 8.39. The van der Waals surface area contributed by atoms with Gasteiger partial charge in [-0.05, 0) is 48.7 Å². The lowest BCUT2D eigenvalue weighted by Crippen LogP contribution is -2.13. The zero-order valence-corrected chi connectivity index (χ0v) is 19.7. The van der Waals surface area contributed by atoms with Crippen LogP contribution in [0, 0.1) is 11.8 Å². The number of imidazole rings is 1. The molecule has 0 aliphatic rings. The highest BCUT2D eigenvalue weighted by molar-refractivity contribution is 5.76. The highest BCUT2D eigenvalue weighted by Crippen LogP contribution is 2.21. The van der Waals surface area contributed by atoms with Gasteiger partial charge in [-0.1, -0.05) is 37.1 Å². The molecule has 35 heavy (non-hydrogen) atoms. The number of hydrogen-bond donors (Lipinski definition) is 0. The monoisotopic (exact) mass is 463 g/mol. The van der Waals surface area contributed by atoms with Gasteiger partial charge in [0.1, 0.15) is 23.7 Å². The summed E-state index contributed by atoms with van der Waals surface area (Å²) in [6.07, 6.45) is 3.62. The third-order valence-electron chi connectivity index (χ3n) is 5.59. The van der Waals surface area contributed by atoms with E-state index in [1.54, 1.807) is 13.3 Å². The van der Waals surface area contributed by atoms with Crippen LogP contribution in [0.3, 0.4) is 0 Å². The topological polar surface area (TPSA) is 75.0 Å². The van der Waals surface area contributed by atoms with Crippen molar-refractivity contribution in [3.05, 3.63) is 83.9 Å². The number of rotatable bonds is 7. The SMILES string of the molecule is CCCc1nc2ccccc2n1CCOc1nc2cccnc2nc1C#Cc1ccccc1OC. The van der Waals surface area contributed by atoms with Gasteiger partial charge in [0.2, 0.25) is 5.88 Å². The first-order chi connectivity index (χ1) is 17.3. The summed E-state index contributed by atoms with van der Waals surface area (Å²) < 4.78 is 13.8. The van der Waals surface area contributed by atoms with Gasteiger partial charge in [0, 0.05) is 12.6 Å². The number of ether oxygens (including phenoxy) is 2. The smallest absolute Gasteiger partial charge is 0.249 e. The van der Waals surface area contributed by atoms with Crippen LogP contribution in [0.15, 0.2) is 66.9 Å². The summed E-state index contributed by atoms with van der Waals surface area (Å²) in [5, 5.41) is 0. The van der Waals surface area contributed by atoms with Crippen LogP contribution in [0.2, 0.25) is 0 Å². The molecule has 0 aliphatic carbocycles. The van der Waals surface area contributed by atoms with E-state index >= 15 is 0 Å². The Hall–Kier alpha value is -4.44. The Morgan fingerprint density at radius 1 is 0.886 bits per heavy atom. The van der Waals surface area contributed by atoms with E-state index in [4.69, 9.17) is 14.5 Å². The Kier molecular flexibility index (Phi) is 6.53. The first-order valence-corrected chi connectivity index (χ1v) is 11.6. The van der Waals surface area contributed by atoms with Crippen molar-refractivity contribution in [2.24, 2.45) is 0 Å². The highest BCUT2D eigenvalue weighted by Gasteiger charge is 2.13. The Morgan fingerprint density at radius 2 is 1.71 bits per heavy atom. The molecule has 174 valence electrons. The number of benzene rings is 2. The van der Waals surface area contributed by atoms with Crippen LogP contribution < -0.4 is 9.47 Å². The van der Waals surface area contributed by atoms with Gasteiger partial charge in [-0.15, -0.1) is 0 Å². The molecule has 3 aromatic heterocycles. The van der Waals surface area contributed by atoms with Crippen molar-refractivity contribution < 1.29 is 9.47 Å². The third-order valence-corrected chi connectivity index (χ3v) is 5.59. The minimum atomic E-state index is 0.384. The molecule has 7 heteroatoms. The Bertz CT molecular complexity index is 1550. The van der Waals surface area contributed by atoms with E-state index in [1.165, 1.54) is 0 Å². The molecule has 5 rings (SSSR count). The zero-order valence-electron chi connectivity index (χ0n) is 19.7. The quantitative estimate of drug-likeness (QED) is 0.322. The van der Waals surface area contributed by atoms with Crippen molar-refractivity contribution in [1.82, 2.24) is 24.5 Å². The second-order valence-corrected chi connectivity index (χ2v) is 7.94. The second kappa shape index (κ2) is 10.2. The standard InChI is InChI=1S/C28H25N5O2/c1-3-9-26-30-21-11-5-6-13-24(21)33(26)18-19-35-28-23(31-27-22(32-28)12-8-17-29-27)16-15-20-10-4-7-14-25(20)34-2/h4-8,10-14,17H,3,9,18-19H2,1-2H3. The molecule has 0 aliphatic heterocycles. The first-order valence-electron chi connectivity index (χ1n) is 11.6. The molecule has 0 radical (unpaired) electrons. The summed E-state index contributed by atoms with van der Waals surface area (Å²) in [4.78, 5) is 18.4. The number of fused-ring (bicyclic) bond motifs is 2. The van der Waals surface area contributed by atoms with E-state index in [1.807, 2.05) is 54.6 Å². The van der Waals surface area contributed by atoms with Crippen molar-refractivity contribution in [1.29, 1.82) is 0 Å². The van der Waals surface area contributed by atoms with Crippen LogP contribution in [0.4, 0.5) is 0 Å². The van der Waals surface area contributed by atoms with Crippen LogP contribution in [0.25, 0.3) is 22.2 Å². The van der Waals surface area contributed by atoms with Gasteiger partial charge < -0.3 is 14.0 Å². The van der Waals surface area contributed by atoms with Crippen LogP contribution in [0.1, 0.15) is 30.4 Å². The Balaban J connectivity index is 1.45. The largest absolute Gasteiger partial charge is 0.495 e. The van der Waals surface area contributed by atoms with E-state index in [0.717, 1.165) is 35.3 Å². The molecule has 3 heterocycles. The molecule has 0 spiro atoms. The van der Waals surface area contributed by atoms with E-state index in [-0.39, 0.29) is 0 Å². The van der Waals surface area contributed by atoms with Crippen molar-refractivity contribution in [3.63, 3.8) is 0 Å². The molecule has 5 aromatic rings. The fraction of sp³-hybridized carbons (Fsp3) is 0.214. The van der Waals surface area contributed by atoms with Crippen molar-refractivity contribution in [2.75, 3.05) is 13.7 Å². The summed E-state index contributed by atoms with van der Waals surface area (Å²) in [5.41, 5.74) is 4.48. The summed E-state index contributed by atoms with van der Waals surface area (Å²) in [6.45, 7) is 3.20. The van der Waals surface area contributed by atoms with Crippen LogP contribution in [0.5, 0.6) is 11.6 Å². The maximum Gasteiger partial charge on any atom is 0.249 e. The molecular weight excluding hydrogens is 438 g/mol. The first kappa shape index (κ1) is 22.4. The average Bonchev–Trinajstić information content (AvgIpc) is 3.24. The Morgan fingerprint density at radius 3 is 2.60 bits per heavy atom. The molecule has 0 bridgehead atoms. The molecule has 0 amide bonds. The number of para-hydroxylation sites is 3. The summed E-state index contributed by atoms with van der Waals surface area (Å²) in [6, 6.07) is 19.5. The van der Waals surface area contributed by atoms with Gasteiger partial charge in [-0.25, -0.2) is 19.9 Å². The third kappa shape index (κ3) is 4.78. The second-order valence-electron chi connectivity index (χ2n) is 7.94. The number of nitrogens with zero attached hydrogens (tertiary/aromatic N) is 5. The van der Waals surface area contributed by atoms with Crippen molar-refractivity contribution in [2.45, 2.75) is 26.3 Å². The number of pyridine rings is 1. The van der Waals surface area contributed by atoms with Gasteiger partial charge in [0.05, 0.1) is 30.3 Å². The minimum Gasteiger partial charge on any atom is -0.495 e. The fourth-order valence-electron chi connectivity index (χ4n) is 3.96. The van der Waals surface area contributed by atoms with E-state index in [2.05, 4.69) is 44.4 Å². The Labute approximate surface area is 203 Å². The molecule has 0 fully saturated rings. The molecule has 0 N–H and O–H groups in total. The van der Waals surface area contributed by atoms with Crippen molar-refractivity contribution >= 4 is 22.2 Å². The normalized spacial score (nSPS) is 10.8. The minimum absolute atomic E-state index is 0.384. The highest BCUT2D eigenvalue weighted by atomic mass is 16.5. The van der Waals surface area contributed by atoms with E-state index in [0.29, 0.717) is 41.6 Å². The predicted octanol–water partition coefficient (Wildman–Crippen LogP) is 4.81. The van der Waals surface area contributed by atoms with Crippen LogP contribution in [-0.4, -0.2) is 38.2 Å². The van der Waals surface area contributed by atoms with Gasteiger partial charge >= 0.3 is 0 Å². The number of hydrogen-bond acceptors (Lipinski definition) is 6. The lowest BCUT2D eigenvalue weighted by atomic mass is 10.2. The van der Waals surface area contributed by atoms with Gasteiger partial charge in [-0.3, -0.25) is 0 Å². The van der Waals surface area contributed by atoms with Crippen LogP contribution in [-0.2, 0) is 13.0 Å².